The van der Waals surface area contributed by atoms with Crippen molar-refractivity contribution in [2.45, 2.75) is 27.1 Å². The van der Waals surface area contributed by atoms with Crippen LogP contribution in [0.5, 0.6) is 0 Å². The lowest BCUT2D eigenvalue weighted by Gasteiger charge is -2.33. The lowest BCUT2D eigenvalue weighted by Crippen LogP contribution is -2.47. The van der Waals surface area contributed by atoms with Gasteiger partial charge in [-0.3, -0.25) is 0 Å². The molecule has 0 fully saturated rings. The summed E-state index contributed by atoms with van der Waals surface area (Å²) in [5.74, 6) is 0. The van der Waals surface area contributed by atoms with Gasteiger partial charge in [-0.15, -0.1) is 0 Å². The van der Waals surface area contributed by atoms with Crippen LogP contribution in [0.1, 0.15) is 20.8 Å². The summed E-state index contributed by atoms with van der Waals surface area (Å²) in [6.07, 6.45) is -0.204. The first-order chi connectivity index (χ1) is 6.82. The number of nitrogens with zero attached hydrogens (tertiary/aromatic N) is 2. The van der Waals surface area contributed by atoms with Crippen LogP contribution in [0.3, 0.4) is 0 Å². The Labute approximate surface area is 93.3 Å². The van der Waals surface area contributed by atoms with Crippen LogP contribution < -0.4 is 5.43 Å². The van der Waals surface area contributed by atoms with E-state index in [2.05, 4.69) is 26.2 Å². The Morgan fingerprint density at radius 2 is 1.80 bits per heavy atom. The second-order valence-electron chi connectivity index (χ2n) is 4.63. The Kier molecular flexibility index (Phi) is 6.31. The Bertz CT molecular complexity index is 171. The van der Waals surface area contributed by atoms with E-state index >= 15 is 0 Å². The van der Waals surface area contributed by atoms with Crippen molar-refractivity contribution in [1.29, 1.82) is 0 Å². The van der Waals surface area contributed by atoms with Crippen molar-refractivity contribution in [3.05, 3.63) is 0 Å². The summed E-state index contributed by atoms with van der Waals surface area (Å²) in [6.45, 7) is 6.74. The summed E-state index contributed by atoms with van der Waals surface area (Å²) in [6, 6.07) is 0. The largest absolute Gasteiger partial charge is 0.355 e. The van der Waals surface area contributed by atoms with Gasteiger partial charge in [-0.1, -0.05) is 20.8 Å². The molecule has 0 aromatic heterocycles. The molecule has 0 aliphatic rings. The molecule has 0 aliphatic heterocycles. The summed E-state index contributed by atoms with van der Waals surface area (Å²) in [7, 11) is 7.37. The van der Waals surface area contributed by atoms with Crippen molar-refractivity contribution in [2.75, 3.05) is 35.0 Å². The second-order valence-corrected chi connectivity index (χ2v) is 4.63. The fourth-order valence-electron chi connectivity index (χ4n) is 1.10. The number of rotatable bonds is 6. The zero-order valence-electron chi connectivity index (χ0n) is 11.0. The van der Waals surface area contributed by atoms with Gasteiger partial charge in [0.05, 0.1) is 0 Å². The average molecular weight is 219 g/mol. The van der Waals surface area contributed by atoms with Gasteiger partial charge in [-0.05, 0) is 0 Å². The normalized spacial score (nSPS) is 15.0. The quantitative estimate of drug-likeness (QED) is 0.530. The lowest BCUT2D eigenvalue weighted by atomic mass is 9.96. The zero-order chi connectivity index (χ0) is 12.1. The third kappa shape index (κ3) is 5.44. The molecule has 1 N–H and O–H groups in total. The SMILES string of the molecule is CNN(C)N(C)COC(OC)C(C)(C)C. The molecule has 0 aromatic rings. The topological polar surface area (TPSA) is 37.0 Å². The van der Waals surface area contributed by atoms with Crippen LogP contribution in [-0.4, -0.2) is 51.4 Å². The van der Waals surface area contributed by atoms with E-state index in [-0.39, 0.29) is 11.7 Å². The van der Waals surface area contributed by atoms with Gasteiger partial charge in [-0.2, -0.15) is 5.12 Å². The molecule has 0 radical (unpaired) electrons. The van der Waals surface area contributed by atoms with Gasteiger partial charge in [0.1, 0.15) is 6.73 Å². The highest BCUT2D eigenvalue weighted by Gasteiger charge is 2.25. The maximum absolute atomic E-state index is 5.66. The number of nitrogens with one attached hydrogen (secondary N) is 1. The molecule has 92 valence electrons. The predicted octanol–water partition coefficient (Wildman–Crippen LogP) is 0.892. The van der Waals surface area contributed by atoms with Crippen LogP contribution in [0.15, 0.2) is 0 Å². The minimum Gasteiger partial charge on any atom is -0.355 e. The molecule has 0 spiro atoms. The zero-order valence-corrected chi connectivity index (χ0v) is 11.0. The van der Waals surface area contributed by atoms with Crippen molar-refractivity contribution in [3.8, 4) is 0 Å². The molecule has 15 heavy (non-hydrogen) atoms. The van der Waals surface area contributed by atoms with Crippen LogP contribution in [0.4, 0.5) is 0 Å². The van der Waals surface area contributed by atoms with Gasteiger partial charge in [0, 0.05) is 33.7 Å². The standard InChI is InChI=1S/C10H25N3O2/c1-10(2,3)9(14-7)15-8-12(5)13(6)11-4/h9,11H,8H2,1-7H3. The van der Waals surface area contributed by atoms with E-state index in [1.54, 1.807) is 7.11 Å². The van der Waals surface area contributed by atoms with E-state index in [1.807, 2.05) is 31.3 Å². The Balaban J connectivity index is 4.01. The molecule has 1 atom stereocenters. The van der Waals surface area contributed by atoms with Crippen LogP contribution in [0.2, 0.25) is 0 Å². The number of hydrogen-bond acceptors (Lipinski definition) is 5. The average Bonchev–Trinajstić information content (AvgIpc) is 2.15. The number of methoxy groups -OCH3 is 1. The molecule has 5 nitrogen and oxygen atoms in total. The van der Waals surface area contributed by atoms with E-state index in [0.29, 0.717) is 6.73 Å². The van der Waals surface area contributed by atoms with E-state index in [0.717, 1.165) is 0 Å². The molecule has 0 aliphatic carbocycles. The molecule has 0 amide bonds. The number of hydrazine groups is 2. The highest BCUT2D eigenvalue weighted by molar-refractivity contribution is 4.65. The van der Waals surface area contributed by atoms with Crippen molar-refractivity contribution < 1.29 is 9.47 Å². The summed E-state index contributed by atoms with van der Waals surface area (Å²) in [5, 5.41) is 3.76. The Morgan fingerprint density at radius 1 is 1.27 bits per heavy atom. The van der Waals surface area contributed by atoms with Gasteiger partial charge in [0.2, 0.25) is 0 Å². The third-order valence-corrected chi connectivity index (χ3v) is 2.17. The second kappa shape index (κ2) is 6.40. The maximum Gasteiger partial charge on any atom is 0.163 e. The monoisotopic (exact) mass is 219 g/mol. The highest BCUT2D eigenvalue weighted by atomic mass is 16.7. The van der Waals surface area contributed by atoms with E-state index < -0.39 is 0 Å². The molecule has 0 aromatic carbocycles. The summed E-state index contributed by atoms with van der Waals surface area (Å²) in [5.41, 5.74) is 2.96. The Morgan fingerprint density at radius 3 is 2.13 bits per heavy atom. The molecular formula is C10H25N3O2. The number of hydrogen-bond donors (Lipinski definition) is 1. The molecule has 0 rings (SSSR count). The van der Waals surface area contributed by atoms with Crippen molar-refractivity contribution in [1.82, 2.24) is 15.6 Å². The van der Waals surface area contributed by atoms with E-state index in [4.69, 9.17) is 9.47 Å². The molecule has 1 unspecified atom stereocenters. The van der Waals surface area contributed by atoms with E-state index in [9.17, 15) is 0 Å². The molecule has 0 bridgehead atoms. The van der Waals surface area contributed by atoms with Gasteiger partial charge in [0.15, 0.2) is 6.29 Å². The molecule has 0 saturated carbocycles. The number of ether oxygens (including phenoxy) is 2. The predicted molar refractivity (Wildman–Crippen MR) is 60.8 cm³/mol. The third-order valence-electron chi connectivity index (χ3n) is 2.17. The first-order valence-corrected chi connectivity index (χ1v) is 5.09. The van der Waals surface area contributed by atoms with Crippen molar-refractivity contribution in [2.24, 2.45) is 5.41 Å². The minimum absolute atomic E-state index is 0.0200. The smallest absolute Gasteiger partial charge is 0.163 e. The fraction of sp³-hybridized carbons (Fsp3) is 1.00. The van der Waals surface area contributed by atoms with Gasteiger partial charge < -0.3 is 9.47 Å². The van der Waals surface area contributed by atoms with Crippen LogP contribution in [-0.2, 0) is 9.47 Å². The molecule has 0 heterocycles. The van der Waals surface area contributed by atoms with Crippen LogP contribution in [0, 0.1) is 5.41 Å². The van der Waals surface area contributed by atoms with Gasteiger partial charge >= 0.3 is 0 Å². The van der Waals surface area contributed by atoms with Crippen molar-refractivity contribution in [3.63, 3.8) is 0 Å². The Hall–Kier alpha value is -0.200. The highest BCUT2D eigenvalue weighted by Crippen LogP contribution is 2.22. The molecule has 0 saturated heterocycles. The molecular weight excluding hydrogens is 194 g/mol. The minimum atomic E-state index is -0.204. The van der Waals surface area contributed by atoms with Crippen molar-refractivity contribution >= 4 is 0 Å². The first-order valence-electron chi connectivity index (χ1n) is 5.09. The summed E-state index contributed by atoms with van der Waals surface area (Å²) < 4.78 is 11.0. The van der Waals surface area contributed by atoms with Gasteiger partial charge in [-0.25, -0.2) is 10.4 Å². The summed E-state index contributed by atoms with van der Waals surface area (Å²) >= 11 is 0. The van der Waals surface area contributed by atoms with Crippen LogP contribution in [0.25, 0.3) is 0 Å². The molecule has 5 heteroatoms. The van der Waals surface area contributed by atoms with E-state index in [1.165, 1.54) is 0 Å². The summed E-state index contributed by atoms with van der Waals surface area (Å²) in [4.78, 5) is 0. The van der Waals surface area contributed by atoms with Crippen LogP contribution >= 0.6 is 0 Å². The maximum atomic E-state index is 5.66. The first kappa shape index (κ1) is 14.8. The van der Waals surface area contributed by atoms with Gasteiger partial charge in [0.25, 0.3) is 0 Å². The fourth-order valence-corrected chi connectivity index (χ4v) is 1.10. The lowest BCUT2D eigenvalue weighted by molar-refractivity contribution is -0.222.